The summed E-state index contributed by atoms with van der Waals surface area (Å²) in [6.07, 6.45) is 4.10. The first-order valence-corrected chi connectivity index (χ1v) is 18.3. The van der Waals surface area contributed by atoms with E-state index in [-0.39, 0.29) is 11.5 Å². The third kappa shape index (κ3) is 8.51. The fourth-order valence-corrected chi connectivity index (χ4v) is 10.7. The van der Waals surface area contributed by atoms with Gasteiger partial charge in [-0.1, -0.05) is 78.0 Å². The maximum atomic E-state index is 9.39. The highest BCUT2D eigenvalue weighted by Gasteiger charge is 2.46. The first-order valence-electron chi connectivity index (χ1n) is 12.5. The van der Waals surface area contributed by atoms with E-state index in [2.05, 4.69) is 79.9 Å². The molecule has 0 amide bonds. The van der Waals surface area contributed by atoms with Gasteiger partial charge in [0.25, 0.3) is 0 Å². The second-order valence-electron chi connectivity index (χ2n) is 12.1. The van der Waals surface area contributed by atoms with E-state index in [1.807, 2.05) is 38.1 Å². The van der Waals surface area contributed by atoms with Crippen LogP contribution < -0.4 is 0 Å². The van der Waals surface area contributed by atoms with Crippen molar-refractivity contribution in [2.24, 2.45) is 0 Å². The van der Waals surface area contributed by atoms with Gasteiger partial charge in [0, 0.05) is 0 Å². The molecule has 0 saturated heterocycles. The van der Waals surface area contributed by atoms with Crippen LogP contribution in [0.4, 0.5) is 0 Å². The molecule has 0 fully saturated rings. The van der Waals surface area contributed by atoms with Crippen LogP contribution in [0.3, 0.4) is 0 Å². The summed E-state index contributed by atoms with van der Waals surface area (Å²) in [5.74, 6) is 0.520. The topological polar surface area (TPSA) is 49.7 Å². The number of hydrogen-bond acceptors (Lipinski definition) is 3. The van der Waals surface area contributed by atoms with Crippen LogP contribution in [-0.2, 0) is 4.12 Å². The molecule has 0 aliphatic heterocycles. The molecule has 194 valence electrons. The predicted molar refractivity (Wildman–Crippen MR) is 159 cm³/mol. The van der Waals surface area contributed by atoms with Gasteiger partial charge in [0.05, 0.1) is 0 Å². The second-order valence-corrected chi connectivity index (χ2v) is 22.0. The fraction of sp³-hybridized carbons (Fsp3) is 0.467. The van der Waals surface area contributed by atoms with Gasteiger partial charge in [0.2, 0.25) is 0 Å². The van der Waals surface area contributed by atoms with E-state index in [9.17, 15) is 10.2 Å². The van der Waals surface area contributed by atoms with Crippen molar-refractivity contribution in [1.82, 2.24) is 0 Å². The lowest BCUT2D eigenvalue weighted by Crippen LogP contribution is -2.53. The van der Waals surface area contributed by atoms with Crippen molar-refractivity contribution >= 4 is 27.8 Å². The van der Waals surface area contributed by atoms with Gasteiger partial charge in [-0.15, -0.1) is 0 Å². The Morgan fingerprint density at radius 3 is 1.06 bits per heavy atom. The van der Waals surface area contributed by atoms with E-state index in [0.717, 1.165) is 22.3 Å². The lowest BCUT2D eigenvalue weighted by Gasteiger charge is -2.47. The molecule has 0 radical (unpaired) electrons. The number of benzene rings is 2. The van der Waals surface area contributed by atoms with Gasteiger partial charge < -0.3 is 14.3 Å². The summed E-state index contributed by atoms with van der Waals surface area (Å²) in [6.45, 7) is 27.3. The standard InChI is InChI=1S/C18H18O2.C12H30OSi2/c1-3-17(13-5-9-15(19)10-6-13)18(4-2)14-7-11-16(20)12-8-14;1-11(2,3)14(7,8)13-15(9,10)12(4,5)6/h3-12,19-20H,1-2H3;1-10H3/b17-3+,18-4+;. The number of rotatable bonds is 5. The highest BCUT2D eigenvalue weighted by Crippen LogP contribution is 2.44. The molecule has 3 nitrogen and oxygen atoms in total. The minimum absolute atomic E-state index is 0.260. The second kappa shape index (κ2) is 11.8. The molecule has 2 rings (SSSR count). The van der Waals surface area contributed by atoms with Crippen molar-refractivity contribution < 1.29 is 14.3 Å². The third-order valence-electron chi connectivity index (χ3n) is 7.35. The van der Waals surface area contributed by atoms with E-state index >= 15 is 0 Å². The van der Waals surface area contributed by atoms with Crippen LogP contribution in [0.25, 0.3) is 11.1 Å². The summed E-state index contributed by atoms with van der Waals surface area (Å²) < 4.78 is 6.63. The highest BCUT2D eigenvalue weighted by molar-refractivity contribution is 6.87. The largest absolute Gasteiger partial charge is 0.508 e. The Morgan fingerprint density at radius 2 is 0.857 bits per heavy atom. The van der Waals surface area contributed by atoms with Crippen LogP contribution in [0, 0.1) is 0 Å². The van der Waals surface area contributed by atoms with E-state index in [1.165, 1.54) is 0 Å². The molecule has 0 saturated carbocycles. The molecule has 0 aromatic heterocycles. The van der Waals surface area contributed by atoms with Gasteiger partial charge in [0.15, 0.2) is 16.6 Å². The van der Waals surface area contributed by atoms with E-state index in [4.69, 9.17) is 4.12 Å². The molecule has 0 aliphatic carbocycles. The number of phenols is 2. The van der Waals surface area contributed by atoms with Crippen molar-refractivity contribution in [3.05, 3.63) is 71.8 Å². The maximum Gasteiger partial charge on any atom is 0.178 e. The summed E-state index contributed by atoms with van der Waals surface area (Å²) in [6, 6.07) is 14.3. The van der Waals surface area contributed by atoms with Crippen LogP contribution in [0.5, 0.6) is 11.5 Å². The number of phenolic OH excluding ortho intramolecular Hbond substituents is 2. The van der Waals surface area contributed by atoms with Gasteiger partial charge in [-0.3, -0.25) is 0 Å². The summed E-state index contributed by atoms with van der Waals surface area (Å²) in [4.78, 5) is 0. The highest BCUT2D eigenvalue weighted by atomic mass is 28.4. The number of allylic oxidation sites excluding steroid dienone is 4. The zero-order valence-electron chi connectivity index (χ0n) is 24.1. The van der Waals surface area contributed by atoms with Crippen LogP contribution in [0.2, 0.25) is 36.3 Å². The molecular formula is C30H48O3Si2. The molecular weight excluding hydrogens is 464 g/mol. The van der Waals surface area contributed by atoms with E-state index in [1.54, 1.807) is 24.3 Å². The van der Waals surface area contributed by atoms with Gasteiger partial charge in [-0.2, -0.15) is 0 Å². The minimum Gasteiger partial charge on any atom is -0.508 e. The van der Waals surface area contributed by atoms with Crippen molar-refractivity contribution in [2.45, 2.75) is 91.7 Å². The van der Waals surface area contributed by atoms with Crippen LogP contribution in [-0.4, -0.2) is 26.8 Å². The molecule has 0 bridgehead atoms. The summed E-state index contributed by atoms with van der Waals surface area (Å²) in [7, 11) is -3.18. The molecule has 2 aromatic carbocycles. The van der Waals surface area contributed by atoms with Crippen LogP contribution in [0.1, 0.15) is 66.5 Å². The summed E-state index contributed by atoms with van der Waals surface area (Å²) in [5.41, 5.74) is 4.29. The van der Waals surface area contributed by atoms with Crippen molar-refractivity contribution in [1.29, 1.82) is 0 Å². The molecule has 0 aliphatic rings. The van der Waals surface area contributed by atoms with Gasteiger partial charge in [-0.25, -0.2) is 0 Å². The number of hydrogen-bond donors (Lipinski definition) is 2. The molecule has 0 spiro atoms. The fourth-order valence-electron chi connectivity index (χ4n) is 3.18. The van der Waals surface area contributed by atoms with Gasteiger partial charge in [-0.05, 0) is 96.7 Å². The molecule has 0 heterocycles. The zero-order valence-corrected chi connectivity index (χ0v) is 26.1. The normalized spacial score (nSPS) is 13.8. The Labute approximate surface area is 216 Å². The maximum absolute atomic E-state index is 9.39. The Hall–Kier alpha value is -2.09. The first kappa shape index (κ1) is 30.9. The molecule has 2 aromatic rings. The minimum atomic E-state index is -1.59. The smallest absolute Gasteiger partial charge is 0.178 e. The monoisotopic (exact) mass is 512 g/mol. The SMILES string of the molecule is C/C=C(/C(=C/C)c1ccc(O)cc1)c1ccc(O)cc1.CC(C)(C)[Si](C)(C)O[Si](C)(C)C(C)(C)C. The van der Waals surface area contributed by atoms with E-state index < -0.39 is 16.6 Å². The molecule has 0 atom stereocenters. The molecule has 0 unspecified atom stereocenters. The lowest BCUT2D eigenvalue weighted by atomic mass is 9.92. The Morgan fingerprint density at radius 1 is 0.600 bits per heavy atom. The van der Waals surface area contributed by atoms with E-state index in [0.29, 0.717) is 10.1 Å². The molecule has 35 heavy (non-hydrogen) atoms. The average Bonchev–Trinajstić information content (AvgIpc) is 2.72. The first-order chi connectivity index (χ1) is 15.9. The van der Waals surface area contributed by atoms with Crippen molar-refractivity contribution in [3.63, 3.8) is 0 Å². The Kier molecular flexibility index (Phi) is 10.4. The quantitative estimate of drug-likeness (QED) is 0.310. The van der Waals surface area contributed by atoms with Crippen LogP contribution >= 0.6 is 0 Å². The van der Waals surface area contributed by atoms with Crippen LogP contribution in [0.15, 0.2) is 60.7 Å². The molecule has 5 heteroatoms. The predicted octanol–water partition coefficient (Wildman–Crippen LogP) is 9.62. The lowest BCUT2D eigenvalue weighted by molar-refractivity contribution is 0.449. The Bertz CT molecular complexity index is 918. The number of aromatic hydroxyl groups is 2. The zero-order chi connectivity index (χ0) is 27.2. The van der Waals surface area contributed by atoms with Gasteiger partial charge in [0.1, 0.15) is 11.5 Å². The third-order valence-corrected chi connectivity index (χ3v) is 18.7. The molecule has 2 N–H and O–H groups in total. The van der Waals surface area contributed by atoms with Crippen molar-refractivity contribution in [2.75, 3.05) is 0 Å². The average molecular weight is 513 g/mol. The summed E-state index contributed by atoms with van der Waals surface area (Å²) in [5, 5.41) is 19.4. The Balaban J connectivity index is 0.000000367. The van der Waals surface area contributed by atoms with Crippen molar-refractivity contribution in [3.8, 4) is 11.5 Å². The summed E-state index contributed by atoms with van der Waals surface area (Å²) >= 11 is 0. The van der Waals surface area contributed by atoms with Gasteiger partial charge >= 0.3 is 0 Å².